The van der Waals surface area contributed by atoms with Gasteiger partial charge in [0.25, 0.3) is 0 Å². The molecule has 36 valence electrons. The summed E-state index contributed by atoms with van der Waals surface area (Å²) in [5, 5.41) is 7.77. The monoisotopic (exact) mass is 274 g/mol. The van der Waals surface area contributed by atoms with Gasteiger partial charge < -0.3 is 17.7 Å². The van der Waals surface area contributed by atoms with E-state index in [1.165, 1.54) is 0 Å². The van der Waals surface area contributed by atoms with Gasteiger partial charge >= 0.3 is 22.4 Å². The molecule has 3 heteroatoms. The Kier molecular flexibility index (Phi) is 16.8. The van der Waals surface area contributed by atoms with Crippen LogP contribution in [0.4, 0.5) is 0 Å². The van der Waals surface area contributed by atoms with Crippen LogP contribution in [0.3, 0.4) is 0 Å². The molecule has 0 atom stereocenters. The molecular formula is C2H5AuOS. The topological polar surface area (TPSA) is 20.2 Å². The number of hydrogen-bond donors (Lipinski definition) is 1. The van der Waals surface area contributed by atoms with Crippen molar-refractivity contribution in [3.63, 3.8) is 0 Å². The Bertz CT molecular complexity index is 11.6. The van der Waals surface area contributed by atoms with E-state index in [0.717, 1.165) is 0 Å². The van der Waals surface area contributed by atoms with Gasteiger partial charge in [-0.1, -0.05) is 0 Å². The van der Waals surface area contributed by atoms with Crippen molar-refractivity contribution < 1.29 is 27.5 Å². The third kappa shape index (κ3) is 11.2. The molecule has 1 N–H and O–H groups in total. The minimum absolute atomic E-state index is 0. The number of hydrogen-bond acceptors (Lipinski definition) is 2. The van der Waals surface area contributed by atoms with Crippen molar-refractivity contribution in [2.45, 2.75) is 0 Å². The van der Waals surface area contributed by atoms with Crippen LogP contribution in [0.15, 0.2) is 0 Å². The molecule has 0 aliphatic rings. The van der Waals surface area contributed by atoms with Crippen molar-refractivity contribution in [3.05, 3.63) is 0 Å². The molecule has 0 fully saturated rings. The fraction of sp³-hybridized carbons (Fsp3) is 1.00. The third-order valence-electron chi connectivity index (χ3n) is 0.0913. The number of rotatable bonds is 1. The van der Waals surface area contributed by atoms with Gasteiger partial charge in [-0.25, -0.2) is 0 Å². The molecule has 0 unspecified atom stereocenters. The van der Waals surface area contributed by atoms with Crippen LogP contribution < -0.4 is 0 Å². The van der Waals surface area contributed by atoms with Crippen molar-refractivity contribution in [1.29, 1.82) is 0 Å². The van der Waals surface area contributed by atoms with E-state index in [1.807, 2.05) is 0 Å². The Morgan fingerprint density at radius 1 is 1.60 bits per heavy atom. The first kappa shape index (κ1) is 9.41. The summed E-state index contributed by atoms with van der Waals surface area (Å²) in [6, 6.07) is 0. The van der Waals surface area contributed by atoms with E-state index in [4.69, 9.17) is 5.11 Å². The maximum Gasteiger partial charge on any atom is 1.00 e. The van der Waals surface area contributed by atoms with E-state index in [1.54, 1.807) is 0 Å². The summed E-state index contributed by atoms with van der Waals surface area (Å²) in [7, 11) is 0. The van der Waals surface area contributed by atoms with Crippen molar-refractivity contribution >= 4 is 12.6 Å². The molecule has 1 nitrogen and oxygen atoms in total. The van der Waals surface area contributed by atoms with Gasteiger partial charge in [-0.3, -0.25) is 0 Å². The molecule has 0 aromatic rings. The maximum absolute atomic E-state index is 7.77. The fourth-order valence-electron chi connectivity index (χ4n) is 0. The normalized spacial score (nSPS) is 6.00. The molecule has 0 radical (unpaired) electrons. The van der Waals surface area contributed by atoms with Gasteiger partial charge in [0.1, 0.15) is 0 Å². The summed E-state index contributed by atoms with van der Waals surface area (Å²) in [6.45, 7) is 0.134. The average molecular weight is 274 g/mol. The van der Waals surface area contributed by atoms with Gasteiger partial charge in [-0.2, -0.15) is 5.75 Å². The summed E-state index contributed by atoms with van der Waals surface area (Å²) in [5.74, 6) is 0.458. The first-order chi connectivity index (χ1) is 1.91. The van der Waals surface area contributed by atoms with Gasteiger partial charge in [0, 0.05) is 6.61 Å². The molecule has 0 spiro atoms. The molecule has 0 aliphatic heterocycles. The van der Waals surface area contributed by atoms with Crippen LogP contribution in [0.1, 0.15) is 0 Å². The maximum atomic E-state index is 7.77. The minimum Gasteiger partial charge on any atom is -0.790 e. The average Bonchev–Trinajstić information content (AvgIpc) is 1.37. The second-order valence-corrected chi connectivity index (χ2v) is 0.836. The summed E-state index contributed by atoms with van der Waals surface area (Å²) in [5.41, 5.74) is 0. The quantitative estimate of drug-likeness (QED) is 0.515. The van der Waals surface area contributed by atoms with E-state index >= 15 is 0 Å². The third-order valence-corrected chi connectivity index (χ3v) is 0.274. The summed E-state index contributed by atoms with van der Waals surface area (Å²) in [4.78, 5) is 0. The minimum atomic E-state index is 0. The van der Waals surface area contributed by atoms with Gasteiger partial charge in [-0.05, 0) is 0 Å². The molecule has 0 heterocycles. The van der Waals surface area contributed by atoms with E-state index in [9.17, 15) is 0 Å². The molecule has 0 amide bonds. The first-order valence-electron chi connectivity index (χ1n) is 1.10. The molecular weight excluding hydrogens is 269 g/mol. The molecule has 0 bridgehead atoms. The Balaban J connectivity index is 0. The Labute approximate surface area is 52.7 Å². The summed E-state index contributed by atoms with van der Waals surface area (Å²) < 4.78 is 0. The fourth-order valence-corrected chi connectivity index (χ4v) is 0. The standard InChI is InChI=1S/C2H6OS.Au/c3-1-2-4;/h3-4H,1-2H2;/q;+1/p-1. The zero-order valence-electron chi connectivity index (χ0n) is 2.57. The second kappa shape index (κ2) is 8.90. The van der Waals surface area contributed by atoms with Crippen molar-refractivity contribution in [2.24, 2.45) is 0 Å². The first-order valence-corrected chi connectivity index (χ1v) is 1.68. The zero-order valence-corrected chi connectivity index (χ0v) is 5.55. The van der Waals surface area contributed by atoms with Crippen LogP contribution >= 0.6 is 0 Å². The number of aliphatic hydroxyl groups is 1. The SMILES string of the molecule is OCC[S-].[Au+]. The molecule has 0 aromatic heterocycles. The Hall–Kier alpha value is 1.05. The largest absolute Gasteiger partial charge is 1.00 e. The smallest absolute Gasteiger partial charge is 0.790 e. The predicted molar refractivity (Wildman–Crippen MR) is 19.3 cm³/mol. The van der Waals surface area contributed by atoms with Gasteiger partial charge in [0.05, 0.1) is 0 Å². The van der Waals surface area contributed by atoms with Crippen LogP contribution in [0.25, 0.3) is 0 Å². The Morgan fingerprint density at radius 3 is 1.80 bits per heavy atom. The summed E-state index contributed by atoms with van der Waals surface area (Å²) in [6.07, 6.45) is 0. The Morgan fingerprint density at radius 2 is 1.80 bits per heavy atom. The second-order valence-electron chi connectivity index (χ2n) is 0.428. The summed E-state index contributed by atoms with van der Waals surface area (Å²) >= 11 is 4.30. The van der Waals surface area contributed by atoms with Gasteiger partial charge in [0.15, 0.2) is 0 Å². The van der Waals surface area contributed by atoms with Gasteiger partial charge in [-0.15, -0.1) is 0 Å². The van der Waals surface area contributed by atoms with E-state index in [0.29, 0.717) is 5.75 Å². The van der Waals surface area contributed by atoms with E-state index in [2.05, 4.69) is 12.6 Å². The predicted octanol–water partition coefficient (Wildman–Crippen LogP) is -0.477. The van der Waals surface area contributed by atoms with E-state index in [-0.39, 0.29) is 29.0 Å². The molecule has 0 rings (SSSR count). The van der Waals surface area contributed by atoms with Crippen LogP contribution in [0, 0.1) is 0 Å². The van der Waals surface area contributed by atoms with E-state index < -0.39 is 0 Å². The van der Waals surface area contributed by atoms with Crippen molar-refractivity contribution in [1.82, 2.24) is 0 Å². The molecule has 0 saturated heterocycles. The molecule has 0 aromatic carbocycles. The molecule has 0 saturated carbocycles. The van der Waals surface area contributed by atoms with Crippen molar-refractivity contribution in [2.75, 3.05) is 12.4 Å². The van der Waals surface area contributed by atoms with Crippen molar-refractivity contribution in [3.8, 4) is 0 Å². The number of aliphatic hydroxyl groups excluding tert-OH is 1. The molecule has 0 aliphatic carbocycles. The molecule has 5 heavy (non-hydrogen) atoms. The van der Waals surface area contributed by atoms with Gasteiger partial charge in [0.2, 0.25) is 0 Å². The van der Waals surface area contributed by atoms with Crippen LogP contribution in [0.5, 0.6) is 0 Å². The van der Waals surface area contributed by atoms with Crippen LogP contribution in [-0.4, -0.2) is 17.5 Å². The zero-order chi connectivity index (χ0) is 3.41. The van der Waals surface area contributed by atoms with Crippen LogP contribution in [-0.2, 0) is 35.0 Å². The van der Waals surface area contributed by atoms with Crippen LogP contribution in [0.2, 0.25) is 0 Å².